The van der Waals surface area contributed by atoms with Gasteiger partial charge < -0.3 is 9.84 Å². The summed E-state index contributed by atoms with van der Waals surface area (Å²) in [5.41, 5.74) is 1.48. The predicted octanol–water partition coefficient (Wildman–Crippen LogP) is 2.79. The third-order valence-corrected chi connectivity index (χ3v) is 4.56. The summed E-state index contributed by atoms with van der Waals surface area (Å²) in [6.45, 7) is 6.28. The van der Waals surface area contributed by atoms with Crippen molar-refractivity contribution in [2.24, 2.45) is 0 Å². The Kier molecular flexibility index (Phi) is 4.64. The summed E-state index contributed by atoms with van der Waals surface area (Å²) in [4.78, 5) is 6.78. The molecule has 0 saturated carbocycles. The maximum absolute atomic E-state index is 10.7. The molecular formula is C19H24N2O2. The van der Waals surface area contributed by atoms with Crippen molar-refractivity contribution in [2.45, 2.75) is 38.5 Å². The molecule has 0 bridgehead atoms. The Morgan fingerprint density at radius 2 is 2.04 bits per heavy atom. The zero-order valence-electron chi connectivity index (χ0n) is 13.8. The van der Waals surface area contributed by atoms with E-state index >= 15 is 0 Å². The normalized spacial score (nSPS) is 25.3. The SMILES string of the molecule is Cc1cccnc1CN1CC[C@@](C)(O)[C@H](Oc2ccccc2)C1. The molecule has 1 aliphatic heterocycles. The molecular weight excluding hydrogens is 288 g/mol. The minimum Gasteiger partial charge on any atom is -0.486 e. The summed E-state index contributed by atoms with van der Waals surface area (Å²) < 4.78 is 6.06. The first-order valence-electron chi connectivity index (χ1n) is 8.11. The van der Waals surface area contributed by atoms with Crippen LogP contribution in [-0.4, -0.2) is 39.8 Å². The Labute approximate surface area is 137 Å². The highest BCUT2D eigenvalue weighted by Crippen LogP contribution is 2.27. The standard InChI is InChI=1S/C19H24N2O2/c1-15-7-6-11-20-17(15)13-21-12-10-19(2,22)18(14-21)23-16-8-4-3-5-9-16/h3-9,11,18,22H,10,12-14H2,1-2H3/t18-,19-/m1/s1. The number of hydrogen-bond acceptors (Lipinski definition) is 4. The maximum Gasteiger partial charge on any atom is 0.140 e. The van der Waals surface area contributed by atoms with Crippen LogP contribution in [0.25, 0.3) is 0 Å². The first kappa shape index (κ1) is 16.0. The Bertz CT molecular complexity index is 643. The van der Waals surface area contributed by atoms with E-state index in [9.17, 15) is 5.11 Å². The van der Waals surface area contributed by atoms with Crippen LogP contribution in [0, 0.1) is 6.92 Å². The lowest BCUT2D eigenvalue weighted by Gasteiger charge is -2.42. The first-order chi connectivity index (χ1) is 11.0. The minimum absolute atomic E-state index is 0.248. The van der Waals surface area contributed by atoms with Gasteiger partial charge in [-0.3, -0.25) is 9.88 Å². The second kappa shape index (κ2) is 6.69. The molecule has 2 aromatic rings. The van der Waals surface area contributed by atoms with Gasteiger partial charge in [-0.2, -0.15) is 0 Å². The molecule has 4 nitrogen and oxygen atoms in total. The van der Waals surface area contributed by atoms with Gasteiger partial charge in [0, 0.05) is 25.8 Å². The van der Waals surface area contributed by atoms with Crippen molar-refractivity contribution in [3.8, 4) is 5.75 Å². The lowest BCUT2D eigenvalue weighted by molar-refractivity contribution is -0.0966. The zero-order valence-corrected chi connectivity index (χ0v) is 13.8. The van der Waals surface area contributed by atoms with Crippen LogP contribution >= 0.6 is 0 Å². The molecule has 23 heavy (non-hydrogen) atoms. The lowest BCUT2D eigenvalue weighted by atomic mass is 9.90. The van der Waals surface area contributed by atoms with Crippen molar-refractivity contribution in [3.05, 3.63) is 59.9 Å². The minimum atomic E-state index is -0.814. The summed E-state index contributed by atoms with van der Waals surface area (Å²) in [5, 5.41) is 10.7. The van der Waals surface area contributed by atoms with Crippen LogP contribution in [0.5, 0.6) is 5.75 Å². The largest absolute Gasteiger partial charge is 0.486 e. The Morgan fingerprint density at radius 1 is 1.26 bits per heavy atom. The van der Waals surface area contributed by atoms with E-state index in [1.807, 2.05) is 49.5 Å². The number of piperidine rings is 1. The number of para-hydroxylation sites is 1. The van der Waals surface area contributed by atoms with Gasteiger partial charge in [-0.05, 0) is 44.0 Å². The van der Waals surface area contributed by atoms with Crippen LogP contribution in [0.3, 0.4) is 0 Å². The van der Waals surface area contributed by atoms with Crippen molar-refractivity contribution in [3.63, 3.8) is 0 Å². The molecule has 3 rings (SSSR count). The number of benzene rings is 1. The molecule has 2 atom stereocenters. The molecule has 0 spiro atoms. The number of ether oxygens (including phenoxy) is 1. The highest BCUT2D eigenvalue weighted by atomic mass is 16.5. The number of aromatic nitrogens is 1. The van der Waals surface area contributed by atoms with E-state index in [0.29, 0.717) is 13.0 Å². The van der Waals surface area contributed by atoms with E-state index in [1.54, 1.807) is 0 Å². The van der Waals surface area contributed by atoms with Gasteiger partial charge in [-0.1, -0.05) is 24.3 Å². The average molecular weight is 312 g/mol. The van der Waals surface area contributed by atoms with Gasteiger partial charge in [-0.15, -0.1) is 0 Å². The van der Waals surface area contributed by atoms with Gasteiger partial charge in [-0.25, -0.2) is 0 Å². The van der Waals surface area contributed by atoms with Crippen LogP contribution in [0.2, 0.25) is 0 Å². The molecule has 1 aliphatic rings. The van der Waals surface area contributed by atoms with Gasteiger partial charge in [0.05, 0.1) is 5.69 Å². The van der Waals surface area contributed by atoms with Crippen molar-refractivity contribution in [2.75, 3.05) is 13.1 Å². The van der Waals surface area contributed by atoms with Crippen molar-refractivity contribution < 1.29 is 9.84 Å². The van der Waals surface area contributed by atoms with Gasteiger partial charge in [0.1, 0.15) is 17.5 Å². The van der Waals surface area contributed by atoms with Crippen LogP contribution in [0.4, 0.5) is 0 Å². The van der Waals surface area contributed by atoms with Crippen LogP contribution in [0.15, 0.2) is 48.7 Å². The van der Waals surface area contributed by atoms with Crippen molar-refractivity contribution >= 4 is 0 Å². The number of likely N-dealkylation sites (tertiary alicyclic amines) is 1. The molecule has 0 aliphatic carbocycles. The van der Waals surface area contributed by atoms with Crippen LogP contribution in [-0.2, 0) is 6.54 Å². The number of pyridine rings is 1. The van der Waals surface area contributed by atoms with Crippen molar-refractivity contribution in [1.82, 2.24) is 9.88 Å². The molecule has 4 heteroatoms. The fourth-order valence-corrected chi connectivity index (χ4v) is 2.93. The molecule has 1 fully saturated rings. The summed E-state index contributed by atoms with van der Waals surface area (Å²) in [5.74, 6) is 0.800. The number of nitrogens with zero attached hydrogens (tertiary/aromatic N) is 2. The monoisotopic (exact) mass is 312 g/mol. The third-order valence-electron chi connectivity index (χ3n) is 4.56. The highest BCUT2D eigenvalue weighted by Gasteiger charge is 2.39. The molecule has 1 aromatic carbocycles. The highest BCUT2D eigenvalue weighted by molar-refractivity contribution is 5.22. The Balaban J connectivity index is 1.70. The second-order valence-electron chi connectivity index (χ2n) is 6.53. The van der Waals surface area contributed by atoms with Gasteiger partial charge in [0.2, 0.25) is 0 Å². The van der Waals surface area contributed by atoms with Gasteiger partial charge in [0.25, 0.3) is 0 Å². The molecule has 1 N–H and O–H groups in total. The Morgan fingerprint density at radius 3 is 2.78 bits per heavy atom. The van der Waals surface area contributed by atoms with E-state index in [2.05, 4.69) is 22.9 Å². The molecule has 0 radical (unpaired) electrons. The maximum atomic E-state index is 10.7. The summed E-state index contributed by atoms with van der Waals surface area (Å²) in [7, 11) is 0. The van der Waals surface area contributed by atoms with E-state index in [-0.39, 0.29) is 6.10 Å². The second-order valence-corrected chi connectivity index (χ2v) is 6.53. The number of aliphatic hydroxyl groups is 1. The molecule has 1 saturated heterocycles. The Hall–Kier alpha value is -1.91. The third kappa shape index (κ3) is 3.89. The number of aryl methyl sites for hydroxylation is 1. The van der Waals surface area contributed by atoms with Crippen LogP contribution in [0.1, 0.15) is 24.6 Å². The molecule has 122 valence electrons. The van der Waals surface area contributed by atoms with Gasteiger partial charge >= 0.3 is 0 Å². The van der Waals surface area contributed by atoms with E-state index in [1.165, 1.54) is 5.56 Å². The topological polar surface area (TPSA) is 45.6 Å². The first-order valence-corrected chi connectivity index (χ1v) is 8.11. The summed E-state index contributed by atoms with van der Waals surface area (Å²) in [6, 6.07) is 13.8. The van der Waals surface area contributed by atoms with Crippen molar-refractivity contribution in [1.29, 1.82) is 0 Å². The number of hydrogen-bond donors (Lipinski definition) is 1. The summed E-state index contributed by atoms with van der Waals surface area (Å²) >= 11 is 0. The van der Waals surface area contributed by atoms with E-state index in [0.717, 1.165) is 24.5 Å². The molecule has 0 amide bonds. The molecule has 0 unspecified atom stereocenters. The average Bonchev–Trinajstić information content (AvgIpc) is 2.54. The molecule has 2 heterocycles. The fourth-order valence-electron chi connectivity index (χ4n) is 2.93. The van der Waals surface area contributed by atoms with E-state index < -0.39 is 5.60 Å². The smallest absolute Gasteiger partial charge is 0.140 e. The van der Waals surface area contributed by atoms with Crippen LogP contribution < -0.4 is 4.74 Å². The molecule has 1 aromatic heterocycles. The zero-order chi connectivity index (χ0) is 16.3. The fraction of sp³-hybridized carbons (Fsp3) is 0.421. The lowest BCUT2D eigenvalue weighted by Crippen LogP contribution is -2.56. The van der Waals surface area contributed by atoms with Gasteiger partial charge in [0.15, 0.2) is 0 Å². The predicted molar refractivity (Wildman–Crippen MR) is 90.3 cm³/mol. The quantitative estimate of drug-likeness (QED) is 0.943. The number of rotatable bonds is 4. The van der Waals surface area contributed by atoms with E-state index in [4.69, 9.17) is 4.74 Å². The summed E-state index contributed by atoms with van der Waals surface area (Å²) in [6.07, 6.45) is 2.28.